The molecule has 0 N–H and O–H groups in total. The van der Waals surface area contributed by atoms with Crippen LogP contribution >= 0.6 is 0 Å². The van der Waals surface area contributed by atoms with E-state index < -0.39 is 11.6 Å². The van der Waals surface area contributed by atoms with E-state index in [2.05, 4.69) is 4.90 Å². The van der Waals surface area contributed by atoms with Crippen LogP contribution in [0.3, 0.4) is 0 Å². The minimum Gasteiger partial charge on any atom is -0.494 e. The third-order valence-electron chi connectivity index (χ3n) is 4.74. The molecule has 0 amide bonds. The van der Waals surface area contributed by atoms with Gasteiger partial charge in [-0.2, -0.15) is 0 Å². The monoisotopic (exact) mass is 359 g/mol. The zero-order valence-corrected chi connectivity index (χ0v) is 14.9. The van der Waals surface area contributed by atoms with E-state index in [0.717, 1.165) is 42.5 Å². The molecule has 1 heterocycles. The van der Waals surface area contributed by atoms with Crippen molar-refractivity contribution in [2.45, 2.75) is 26.3 Å². The van der Waals surface area contributed by atoms with E-state index in [9.17, 15) is 13.6 Å². The summed E-state index contributed by atoms with van der Waals surface area (Å²) >= 11 is 0. The minimum atomic E-state index is -0.657. The number of rotatable bonds is 6. The van der Waals surface area contributed by atoms with Gasteiger partial charge in [0.25, 0.3) is 0 Å². The van der Waals surface area contributed by atoms with Gasteiger partial charge in [0.15, 0.2) is 5.78 Å². The molecule has 2 aromatic carbocycles. The Morgan fingerprint density at radius 2 is 2.04 bits per heavy atom. The largest absolute Gasteiger partial charge is 0.494 e. The number of Topliss-reactive ketones (excluding diaryl/α,β-unsaturated/α-hetero) is 1. The number of ether oxygens (including phenoxy) is 1. The Balaban J connectivity index is 1.71. The van der Waals surface area contributed by atoms with Gasteiger partial charge in [0.05, 0.1) is 12.2 Å². The number of likely N-dealkylation sites (tertiary alicyclic amines) is 1. The molecule has 3 rings (SSSR count). The predicted octanol–water partition coefficient (Wildman–Crippen LogP) is 4.46. The fourth-order valence-electron chi connectivity index (χ4n) is 3.49. The maximum absolute atomic E-state index is 13.9. The van der Waals surface area contributed by atoms with E-state index in [4.69, 9.17) is 4.74 Å². The van der Waals surface area contributed by atoms with Gasteiger partial charge in [0.1, 0.15) is 17.4 Å². The van der Waals surface area contributed by atoms with Gasteiger partial charge in [0, 0.05) is 24.6 Å². The Kier molecular flexibility index (Phi) is 5.99. The number of ketones is 1. The third kappa shape index (κ3) is 4.28. The Morgan fingerprint density at radius 1 is 1.23 bits per heavy atom. The Labute approximate surface area is 152 Å². The minimum absolute atomic E-state index is 0.147. The van der Waals surface area contributed by atoms with Crippen molar-refractivity contribution in [3.8, 4) is 5.75 Å². The van der Waals surface area contributed by atoms with Crippen LogP contribution in [0.15, 0.2) is 42.5 Å². The zero-order chi connectivity index (χ0) is 18.5. The standard InChI is InChI=1S/C21H23F2NO2/c1-2-26-20-8-4-3-6-15(20)13-24-11-5-7-16(14-24)21(25)18-12-17(22)9-10-19(18)23/h3-4,6,8-10,12,16H,2,5,7,11,13-14H2,1H3/t16-/m1/s1. The molecule has 0 aromatic heterocycles. The summed E-state index contributed by atoms with van der Waals surface area (Å²) in [6.07, 6.45) is 1.54. The van der Waals surface area contributed by atoms with Crippen LogP contribution in [0.2, 0.25) is 0 Å². The second kappa shape index (κ2) is 8.41. The molecular formula is C21H23F2NO2. The highest BCUT2D eigenvalue weighted by molar-refractivity contribution is 5.98. The number of nitrogens with zero attached hydrogens (tertiary/aromatic N) is 1. The molecular weight excluding hydrogens is 336 g/mol. The molecule has 0 saturated carbocycles. The molecule has 0 unspecified atom stereocenters. The van der Waals surface area contributed by atoms with Crippen molar-refractivity contribution in [1.29, 1.82) is 0 Å². The van der Waals surface area contributed by atoms with Crippen molar-refractivity contribution in [1.82, 2.24) is 4.90 Å². The number of benzene rings is 2. The molecule has 0 radical (unpaired) electrons. The summed E-state index contributed by atoms with van der Waals surface area (Å²) in [6, 6.07) is 10.9. The summed E-state index contributed by atoms with van der Waals surface area (Å²) in [6.45, 7) is 4.62. The number of halogens is 2. The van der Waals surface area contributed by atoms with Crippen molar-refractivity contribution in [3.05, 3.63) is 65.2 Å². The molecule has 1 saturated heterocycles. The normalized spacial score (nSPS) is 17.9. The number of para-hydroxylation sites is 1. The highest BCUT2D eigenvalue weighted by atomic mass is 19.1. The third-order valence-corrected chi connectivity index (χ3v) is 4.74. The van der Waals surface area contributed by atoms with Gasteiger partial charge in [-0.1, -0.05) is 18.2 Å². The first-order valence-corrected chi connectivity index (χ1v) is 9.00. The van der Waals surface area contributed by atoms with Crippen molar-refractivity contribution in [2.24, 2.45) is 5.92 Å². The topological polar surface area (TPSA) is 29.5 Å². The number of hydrogen-bond donors (Lipinski definition) is 0. The zero-order valence-electron chi connectivity index (χ0n) is 14.9. The molecule has 138 valence electrons. The van der Waals surface area contributed by atoms with Crippen LogP contribution in [-0.4, -0.2) is 30.4 Å². The molecule has 0 aliphatic carbocycles. The lowest BCUT2D eigenvalue weighted by Crippen LogP contribution is -2.38. The lowest BCUT2D eigenvalue weighted by molar-refractivity contribution is 0.0806. The molecule has 0 spiro atoms. The smallest absolute Gasteiger partial charge is 0.170 e. The van der Waals surface area contributed by atoms with Gasteiger partial charge in [0.2, 0.25) is 0 Å². The first-order chi connectivity index (χ1) is 12.6. The summed E-state index contributed by atoms with van der Waals surface area (Å²) in [5, 5.41) is 0. The van der Waals surface area contributed by atoms with Gasteiger partial charge >= 0.3 is 0 Å². The van der Waals surface area contributed by atoms with Crippen LogP contribution in [-0.2, 0) is 6.54 Å². The van der Waals surface area contributed by atoms with E-state index in [1.807, 2.05) is 31.2 Å². The first-order valence-electron chi connectivity index (χ1n) is 9.00. The van der Waals surface area contributed by atoms with Crippen molar-refractivity contribution >= 4 is 5.78 Å². The molecule has 1 fully saturated rings. The Bertz CT molecular complexity index is 778. The summed E-state index contributed by atoms with van der Waals surface area (Å²) < 4.78 is 33.0. The first kappa shape index (κ1) is 18.5. The van der Waals surface area contributed by atoms with E-state index in [0.29, 0.717) is 26.1 Å². The molecule has 1 aliphatic heterocycles. The summed E-state index contributed by atoms with van der Waals surface area (Å²) in [4.78, 5) is 14.9. The highest BCUT2D eigenvalue weighted by Crippen LogP contribution is 2.26. The van der Waals surface area contributed by atoms with Crippen molar-refractivity contribution in [2.75, 3.05) is 19.7 Å². The molecule has 0 bridgehead atoms. The van der Waals surface area contributed by atoms with E-state index in [-0.39, 0.29) is 17.3 Å². The molecule has 5 heteroatoms. The fourth-order valence-corrected chi connectivity index (χ4v) is 3.49. The van der Waals surface area contributed by atoms with E-state index >= 15 is 0 Å². The molecule has 2 aromatic rings. The number of hydrogen-bond acceptors (Lipinski definition) is 3. The van der Waals surface area contributed by atoms with Crippen LogP contribution in [0.1, 0.15) is 35.7 Å². The molecule has 1 atom stereocenters. The highest BCUT2D eigenvalue weighted by Gasteiger charge is 2.28. The van der Waals surface area contributed by atoms with Crippen LogP contribution in [0.4, 0.5) is 8.78 Å². The van der Waals surface area contributed by atoms with Gasteiger partial charge in [-0.15, -0.1) is 0 Å². The van der Waals surface area contributed by atoms with Crippen LogP contribution in [0.5, 0.6) is 5.75 Å². The van der Waals surface area contributed by atoms with E-state index in [1.165, 1.54) is 0 Å². The molecule has 1 aliphatic rings. The molecule has 26 heavy (non-hydrogen) atoms. The average Bonchev–Trinajstić information content (AvgIpc) is 2.65. The lowest BCUT2D eigenvalue weighted by atomic mass is 9.89. The van der Waals surface area contributed by atoms with Gasteiger partial charge in [-0.05, 0) is 50.6 Å². The summed E-state index contributed by atoms with van der Waals surface area (Å²) in [5.41, 5.74) is 0.922. The Hall–Kier alpha value is -2.27. The SMILES string of the molecule is CCOc1ccccc1CN1CCC[C@@H](C(=O)c2cc(F)ccc2F)C1. The summed E-state index contributed by atoms with van der Waals surface area (Å²) in [7, 11) is 0. The van der Waals surface area contributed by atoms with E-state index in [1.54, 1.807) is 0 Å². The summed E-state index contributed by atoms with van der Waals surface area (Å²) in [5.74, 6) is -1.04. The molecule has 3 nitrogen and oxygen atoms in total. The van der Waals surface area contributed by atoms with Crippen molar-refractivity contribution in [3.63, 3.8) is 0 Å². The quantitative estimate of drug-likeness (QED) is 0.713. The number of piperidine rings is 1. The maximum atomic E-state index is 13.9. The van der Waals surface area contributed by atoms with Crippen LogP contribution in [0, 0.1) is 17.6 Å². The van der Waals surface area contributed by atoms with Gasteiger partial charge in [-0.3, -0.25) is 9.69 Å². The van der Waals surface area contributed by atoms with Gasteiger partial charge in [-0.25, -0.2) is 8.78 Å². The van der Waals surface area contributed by atoms with Gasteiger partial charge < -0.3 is 4.74 Å². The second-order valence-electron chi connectivity index (χ2n) is 6.60. The number of carbonyl (C=O) groups excluding carboxylic acids is 1. The lowest BCUT2D eigenvalue weighted by Gasteiger charge is -2.32. The Morgan fingerprint density at radius 3 is 2.85 bits per heavy atom. The number of carbonyl (C=O) groups is 1. The second-order valence-corrected chi connectivity index (χ2v) is 6.60. The fraction of sp³-hybridized carbons (Fsp3) is 0.381. The van der Waals surface area contributed by atoms with Crippen LogP contribution in [0.25, 0.3) is 0 Å². The maximum Gasteiger partial charge on any atom is 0.170 e. The van der Waals surface area contributed by atoms with Crippen molar-refractivity contribution < 1.29 is 18.3 Å². The predicted molar refractivity (Wildman–Crippen MR) is 96.3 cm³/mol. The van der Waals surface area contributed by atoms with Crippen LogP contribution < -0.4 is 4.74 Å². The average molecular weight is 359 g/mol.